The van der Waals surface area contributed by atoms with E-state index in [1.165, 1.54) is 6.92 Å². The summed E-state index contributed by atoms with van der Waals surface area (Å²) < 4.78 is 0. The van der Waals surface area contributed by atoms with Crippen LogP contribution in [0, 0.1) is 0 Å². The predicted molar refractivity (Wildman–Crippen MR) is 66.0 cm³/mol. The number of nitrogens with one attached hydrogen (secondary N) is 1. The van der Waals surface area contributed by atoms with Crippen molar-refractivity contribution in [3.05, 3.63) is 28.8 Å². The zero-order valence-electron chi connectivity index (χ0n) is 9.46. The molecule has 0 amide bonds. The summed E-state index contributed by atoms with van der Waals surface area (Å²) in [5, 5.41) is 12.9. The van der Waals surface area contributed by atoms with Crippen LogP contribution in [0.5, 0.6) is 0 Å². The molecular weight excluding hydrogens is 226 g/mol. The summed E-state index contributed by atoms with van der Waals surface area (Å²) in [5.74, 6) is -0.114. The number of ketones is 1. The van der Waals surface area contributed by atoms with E-state index in [2.05, 4.69) is 5.32 Å². The number of hydrogen-bond donors (Lipinski definition) is 2. The first-order valence-electron chi connectivity index (χ1n) is 5.30. The van der Waals surface area contributed by atoms with Gasteiger partial charge in [-0.05, 0) is 25.5 Å². The first-order valence-corrected chi connectivity index (χ1v) is 5.68. The van der Waals surface area contributed by atoms with Crippen LogP contribution in [0.25, 0.3) is 0 Å². The minimum atomic E-state index is -0.651. The van der Waals surface area contributed by atoms with E-state index in [1.807, 2.05) is 6.92 Å². The van der Waals surface area contributed by atoms with Gasteiger partial charge in [-0.3, -0.25) is 4.79 Å². The molecule has 4 heteroatoms. The van der Waals surface area contributed by atoms with Gasteiger partial charge in [-0.2, -0.15) is 0 Å². The highest BCUT2D eigenvalue weighted by Gasteiger charge is 2.13. The summed E-state index contributed by atoms with van der Waals surface area (Å²) in [5.41, 5.74) is 1.01. The molecule has 1 aromatic carbocycles. The number of carbonyl (C=O) groups excluding carboxylic acids is 1. The largest absolute Gasteiger partial charge is 0.374 e. The number of benzene rings is 1. The number of carbonyl (C=O) groups is 1. The Morgan fingerprint density at radius 1 is 1.56 bits per heavy atom. The third-order valence-corrected chi connectivity index (χ3v) is 2.56. The van der Waals surface area contributed by atoms with Crippen molar-refractivity contribution in [3.63, 3.8) is 0 Å². The fourth-order valence-electron chi connectivity index (χ4n) is 1.53. The van der Waals surface area contributed by atoms with Gasteiger partial charge in [0.25, 0.3) is 0 Å². The highest BCUT2D eigenvalue weighted by molar-refractivity contribution is 6.34. The van der Waals surface area contributed by atoms with E-state index in [9.17, 15) is 9.90 Å². The Morgan fingerprint density at radius 3 is 2.81 bits per heavy atom. The molecular formula is C12H16ClNO2. The van der Waals surface area contributed by atoms with E-state index in [1.54, 1.807) is 18.2 Å². The molecule has 0 saturated carbocycles. The van der Waals surface area contributed by atoms with Crippen molar-refractivity contribution >= 4 is 23.1 Å². The Bertz CT molecular complexity index is 379. The summed E-state index contributed by atoms with van der Waals surface area (Å²) >= 11 is 5.94. The van der Waals surface area contributed by atoms with Crippen molar-refractivity contribution < 1.29 is 9.90 Å². The lowest BCUT2D eigenvalue weighted by Gasteiger charge is -2.16. The van der Waals surface area contributed by atoms with Crippen molar-refractivity contribution in [1.29, 1.82) is 0 Å². The maximum atomic E-state index is 11.4. The zero-order chi connectivity index (χ0) is 12.1. The molecule has 0 saturated heterocycles. The third-order valence-electron chi connectivity index (χ3n) is 2.25. The molecule has 3 nitrogen and oxygen atoms in total. The van der Waals surface area contributed by atoms with Gasteiger partial charge in [-0.1, -0.05) is 31.0 Å². The molecule has 88 valence electrons. The fraction of sp³-hybridized carbons (Fsp3) is 0.417. The van der Waals surface area contributed by atoms with Gasteiger partial charge in [0.2, 0.25) is 0 Å². The molecule has 1 atom stereocenters. The fourth-order valence-corrected chi connectivity index (χ4v) is 1.83. The quantitative estimate of drug-likeness (QED) is 0.615. The van der Waals surface area contributed by atoms with Crippen LogP contribution in [0.2, 0.25) is 5.02 Å². The topological polar surface area (TPSA) is 49.3 Å². The number of hydrogen-bond acceptors (Lipinski definition) is 3. The Labute approximate surface area is 100 Å². The second kappa shape index (κ2) is 5.87. The normalized spacial score (nSPS) is 12.2. The monoisotopic (exact) mass is 241 g/mol. The maximum absolute atomic E-state index is 11.4. The van der Waals surface area contributed by atoms with Gasteiger partial charge < -0.3 is 10.4 Å². The average molecular weight is 242 g/mol. The standard InChI is InChI=1S/C12H16ClNO2/c1-3-5-11(16)14-10-7-4-6-9(13)12(10)8(2)15/h4,6-7,11,14,16H,3,5H2,1-2H3. The van der Waals surface area contributed by atoms with Gasteiger partial charge in [-0.15, -0.1) is 0 Å². The molecule has 0 spiro atoms. The molecule has 0 heterocycles. The van der Waals surface area contributed by atoms with Crippen LogP contribution in [-0.4, -0.2) is 17.1 Å². The second-order valence-corrected chi connectivity index (χ2v) is 4.07. The van der Waals surface area contributed by atoms with Crippen molar-refractivity contribution in [2.75, 3.05) is 5.32 Å². The maximum Gasteiger partial charge on any atom is 0.163 e. The summed E-state index contributed by atoms with van der Waals surface area (Å²) in [4.78, 5) is 11.4. The minimum Gasteiger partial charge on any atom is -0.374 e. The molecule has 0 fully saturated rings. The third kappa shape index (κ3) is 3.22. The van der Waals surface area contributed by atoms with Crippen molar-refractivity contribution in [2.24, 2.45) is 0 Å². The molecule has 1 rings (SSSR count). The van der Waals surface area contributed by atoms with Gasteiger partial charge in [0, 0.05) is 5.69 Å². The van der Waals surface area contributed by atoms with Crippen LogP contribution in [0.4, 0.5) is 5.69 Å². The smallest absolute Gasteiger partial charge is 0.163 e. The first kappa shape index (κ1) is 13.0. The van der Waals surface area contributed by atoms with E-state index in [-0.39, 0.29) is 5.78 Å². The summed E-state index contributed by atoms with van der Waals surface area (Å²) in [6.07, 6.45) is 0.843. The number of halogens is 1. The minimum absolute atomic E-state index is 0.114. The van der Waals surface area contributed by atoms with Crippen LogP contribution in [0.1, 0.15) is 37.0 Å². The highest BCUT2D eigenvalue weighted by atomic mass is 35.5. The Kier molecular flexibility index (Phi) is 4.77. The molecule has 0 aliphatic rings. The van der Waals surface area contributed by atoms with E-state index in [0.717, 1.165) is 6.42 Å². The molecule has 1 aromatic rings. The molecule has 0 aliphatic carbocycles. The second-order valence-electron chi connectivity index (χ2n) is 3.67. The van der Waals surface area contributed by atoms with Gasteiger partial charge in [-0.25, -0.2) is 0 Å². The summed E-state index contributed by atoms with van der Waals surface area (Å²) in [7, 11) is 0. The van der Waals surface area contributed by atoms with Crippen LogP contribution in [0.15, 0.2) is 18.2 Å². The molecule has 0 aliphatic heterocycles. The van der Waals surface area contributed by atoms with E-state index >= 15 is 0 Å². The van der Waals surface area contributed by atoms with E-state index in [4.69, 9.17) is 11.6 Å². The number of aliphatic hydroxyl groups is 1. The van der Waals surface area contributed by atoms with Crippen molar-refractivity contribution in [2.45, 2.75) is 32.9 Å². The van der Waals surface area contributed by atoms with Crippen LogP contribution in [-0.2, 0) is 0 Å². The summed E-state index contributed by atoms with van der Waals surface area (Å²) in [6.45, 7) is 3.44. The molecule has 0 bridgehead atoms. The highest BCUT2D eigenvalue weighted by Crippen LogP contribution is 2.25. The van der Waals surface area contributed by atoms with Crippen LogP contribution < -0.4 is 5.32 Å². The molecule has 1 unspecified atom stereocenters. The Balaban J connectivity index is 2.95. The summed E-state index contributed by atoms with van der Waals surface area (Å²) in [6, 6.07) is 5.15. The molecule has 16 heavy (non-hydrogen) atoms. The lowest BCUT2D eigenvalue weighted by molar-refractivity contribution is 0.101. The number of Topliss-reactive ketones (excluding diaryl/α,β-unsaturated/α-hetero) is 1. The van der Waals surface area contributed by atoms with E-state index < -0.39 is 6.23 Å². The zero-order valence-corrected chi connectivity index (χ0v) is 10.2. The van der Waals surface area contributed by atoms with Crippen LogP contribution in [0.3, 0.4) is 0 Å². The van der Waals surface area contributed by atoms with Gasteiger partial charge in [0.15, 0.2) is 5.78 Å². The van der Waals surface area contributed by atoms with Crippen molar-refractivity contribution in [3.8, 4) is 0 Å². The number of rotatable bonds is 5. The first-order chi connectivity index (χ1) is 7.56. The van der Waals surface area contributed by atoms with Crippen LogP contribution >= 0.6 is 11.6 Å². The molecule has 0 radical (unpaired) electrons. The number of anilines is 1. The van der Waals surface area contributed by atoms with Gasteiger partial charge in [0.1, 0.15) is 6.23 Å². The molecule has 0 aromatic heterocycles. The Morgan fingerprint density at radius 2 is 2.25 bits per heavy atom. The predicted octanol–water partition coefficient (Wildman–Crippen LogP) is 3.07. The van der Waals surface area contributed by atoms with Gasteiger partial charge in [0.05, 0.1) is 10.6 Å². The average Bonchev–Trinajstić information content (AvgIpc) is 2.17. The van der Waals surface area contributed by atoms with Gasteiger partial charge >= 0.3 is 0 Å². The van der Waals surface area contributed by atoms with E-state index in [0.29, 0.717) is 22.7 Å². The molecule has 2 N–H and O–H groups in total. The number of aliphatic hydroxyl groups excluding tert-OH is 1. The lowest BCUT2D eigenvalue weighted by Crippen LogP contribution is -2.19. The Hall–Kier alpha value is -1.06. The lowest BCUT2D eigenvalue weighted by atomic mass is 10.1. The SMILES string of the molecule is CCCC(O)Nc1cccc(Cl)c1C(C)=O. The van der Waals surface area contributed by atoms with Crippen molar-refractivity contribution in [1.82, 2.24) is 0 Å².